The van der Waals surface area contributed by atoms with E-state index in [1.54, 1.807) is 0 Å². The highest BCUT2D eigenvalue weighted by Crippen LogP contribution is 2.46. The lowest BCUT2D eigenvalue weighted by atomic mass is 9.98. The summed E-state index contributed by atoms with van der Waals surface area (Å²) < 4.78 is 2.82. The normalized spacial score (nSPS) is 12.9. The Labute approximate surface area is 166 Å². The fourth-order valence-electron chi connectivity index (χ4n) is 4.96. The number of fused-ring (bicyclic) bond motifs is 10. The molecule has 28 heavy (non-hydrogen) atoms. The Kier molecular flexibility index (Phi) is 2.76. The Balaban J connectivity index is 1.56. The van der Waals surface area contributed by atoms with Crippen LogP contribution in [0.3, 0.4) is 0 Å². The summed E-state index contributed by atoms with van der Waals surface area (Å²) in [6, 6.07) is 31.5. The summed E-state index contributed by atoms with van der Waals surface area (Å²) in [4.78, 5) is 0. The van der Waals surface area contributed by atoms with E-state index in [0.29, 0.717) is 0 Å². The van der Waals surface area contributed by atoms with E-state index in [-0.39, 0.29) is 0 Å². The molecule has 0 saturated heterocycles. The zero-order chi connectivity index (χ0) is 18.2. The van der Waals surface area contributed by atoms with E-state index in [1.165, 1.54) is 64.0 Å². The maximum absolute atomic E-state index is 2.44. The minimum Gasteiger partial charge on any atom is -0.135 e. The van der Waals surface area contributed by atoms with Crippen molar-refractivity contribution >= 4 is 53.1 Å². The van der Waals surface area contributed by atoms with Gasteiger partial charge in [-0.1, -0.05) is 72.8 Å². The molecule has 1 aromatic heterocycles. The van der Waals surface area contributed by atoms with Gasteiger partial charge >= 0.3 is 0 Å². The largest absolute Gasteiger partial charge is 0.135 e. The Bertz CT molecular complexity index is 1580. The minimum absolute atomic E-state index is 1.04. The first-order valence-corrected chi connectivity index (χ1v) is 10.6. The molecule has 0 nitrogen and oxygen atoms in total. The summed E-state index contributed by atoms with van der Waals surface area (Å²) in [5, 5.41) is 8.21. The van der Waals surface area contributed by atoms with Gasteiger partial charge in [-0.2, -0.15) is 0 Å². The number of hydrogen-bond acceptors (Lipinski definition) is 1. The van der Waals surface area contributed by atoms with Crippen LogP contribution in [0, 0.1) is 0 Å². The van der Waals surface area contributed by atoms with Gasteiger partial charge in [0.1, 0.15) is 0 Å². The standard InChI is InChI=1S/C27H16S/c1-3-7-19-16(5-1)9-11-21-23-15-25-22-12-10-17-6-2-4-8-20(17)27(22)28-26(25)14-18(23)13-24(19)21/h1-12,14-15H,13H2. The van der Waals surface area contributed by atoms with E-state index in [4.69, 9.17) is 0 Å². The molecule has 6 aromatic rings. The van der Waals surface area contributed by atoms with E-state index in [9.17, 15) is 0 Å². The third-order valence-corrected chi connectivity index (χ3v) is 7.49. The molecule has 0 radical (unpaired) electrons. The van der Waals surface area contributed by atoms with Gasteiger partial charge in [0.05, 0.1) is 0 Å². The summed E-state index contributed by atoms with van der Waals surface area (Å²) in [6.45, 7) is 0. The molecule has 1 aliphatic rings. The first-order chi connectivity index (χ1) is 13.9. The van der Waals surface area contributed by atoms with E-state index in [0.717, 1.165) is 6.42 Å². The van der Waals surface area contributed by atoms with Crippen molar-refractivity contribution < 1.29 is 0 Å². The minimum atomic E-state index is 1.04. The summed E-state index contributed by atoms with van der Waals surface area (Å²) >= 11 is 1.94. The second-order valence-electron chi connectivity index (χ2n) is 7.76. The average Bonchev–Trinajstić information content (AvgIpc) is 3.30. The van der Waals surface area contributed by atoms with E-state index in [1.807, 2.05) is 11.3 Å². The van der Waals surface area contributed by atoms with Crippen LogP contribution < -0.4 is 0 Å². The van der Waals surface area contributed by atoms with Gasteiger partial charge in [-0.3, -0.25) is 0 Å². The molecule has 0 unspecified atom stereocenters. The van der Waals surface area contributed by atoms with Crippen LogP contribution in [-0.4, -0.2) is 0 Å². The SMILES string of the molecule is c1ccc2c3c(ccc2c1)-c1cc2c(cc1C3)sc1c3ccccc3ccc21. The highest BCUT2D eigenvalue weighted by molar-refractivity contribution is 7.26. The molecule has 0 saturated carbocycles. The number of thiophene rings is 1. The van der Waals surface area contributed by atoms with Gasteiger partial charge in [-0.05, 0) is 62.4 Å². The lowest BCUT2D eigenvalue weighted by Crippen LogP contribution is -1.83. The van der Waals surface area contributed by atoms with Crippen LogP contribution in [0.1, 0.15) is 11.1 Å². The highest BCUT2D eigenvalue weighted by atomic mass is 32.1. The van der Waals surface area contributed by atoms with Crippen LogP contribution in [0.2, 0.25) is 0 Å². The first-order valence-electron chi connectivity index (χ1n) is 9.75. The monoisotopic (exact) mass is 372 g/mol. The van der Waals surface area contributed by atoms with Crippen molar-refractivity contribution in [3.63, 3.8) is 0 Å². The van der Waals surface area contributed by atoms with Gasteiger partial charge in [0, 0.05) is 20.2 Å². The van der Waals surface area contributed by atoms with Crippen molar-refractivity contribution in [2.75, 3.05) is 0 Å². The van der Waals surface area contributed by atoms with Crippen LogP contribution in [0.5, 0.6) is 0 Å². The number of hydrogen-bond donors (Lipinski definition) is 0. The second kappa shape index (κ2) is 5.21. The van der Waals surface area contributed by atoms with Gasteiger partial charge < -0.3 is 0 Å². The zero-order valence-corrected chi connectivity index (χ0v) is 16.0. The molecule has 0 fully saturated rings. The topological polar surface area (TPSA) is 0 Å². The Morgan fingerprint density at radius 3 is 2.21 bits per heavy atom. The van der Waals surface area contributed by atoms with Crippen LogP contribution in [0.25, 0.3) is 52.8 Å². The van der Waals surface area contributed by atoms with Gasteiger partial charge in [-0.25, -0.2) is 0 Å². The maximum atomic E-state index is 2.44. The van der Waals surface area contributed by atoms with Crippen molar-refractivity contribution in [2.24, 2.45) is 0 Å². The average molecular weight is 372 g/mol. The molecule has 0 aliphatic heterocycles. The summed E-state index contributed by atoms with van der Waals surface area (Å²) in [5.41, 5.74) is 5.78. The van der Waals surface area contributed by atoms with E-state index < -0.39 is 0 Å². The van der Waals surface area contributed by atoms with Gasteiger partial charge in [0.15, 0.2) is 0 Å². The molecular formula is C27H16S. The fourth-order valence-corrected chi connectivity index (χ4v) is 6.24. The van der Waals surface area contributed by atoms with Crippen LogP contribution >= 0.6 is 11.3 Å². The van der Waals surface area contributed by atoms with Gasteiger partial charge in [0.2, 0.25) is 0 Å². The summed E-state index contributed by atoms with van der Waals surface area (Å²) in [6.07, 6.45) is 1.04. The van der Waals surface area contributed by atoms with E-state index >= 15 is 0 Å². The fraction of sp³-hybridized carbons (Fsp3) is 0.0370. The molecule has 0 spiro atoms. The Morgan fingerprint density at radius 1 is 0.571 bits per heavy atom. The molecule has 0 amide bonds. The quantitative estimate of drug-likeness (QED) is 0.253. The van der Waals surface area contributed by atoms with Crippen LogP contribution in [0.15, 0.2) is 84.9 Å². The molecule has 0 N–H and O–H groups in total. The molecule has 7 rings (SSSR count). The van der Waals surface area contributed by atoms with Crippen molar-refractivity contribution in [3.05, 3.63) is 96.1 Å². The lowest BCUT2D eigenvalue weighted by molar-refractivity contribution is 1.29. The number of benzene rings is 5. The zero-order valence-electron chi connectivity index (χ0n) is 15.2. The third kappa shape index (κ3) is 1.85. The highest BCUT2D eigenvalue weighted by Gasteiger charge is 2.22. The van der Waals surface area contributed by atoms with Gasteiger partial charge in [-0.15, -0.1) is 11.3 Å². The smallest absolute Gasteiger partial charge is 0.0433 e. The predicted octanol–water partition coefficient (Wildman–Crippen LogP) is 7.93. The predicted molar refractivity (Wildman–Crippen MR) is 123 cm³/mol. The Morgan fingerprint density at radius 2 is 1.32 bits per heavy atom. The maximum Gasteiger partial charge on any atom is 0.0433 e. The number of rotatable bonds is 0. The lowest BCUT2D eigenvalue weighted by Gasteiger charge is -2.05. The van der Waals surface area contributed by atoms with Crippen molar-refractivity contribution in [1.82, 2.24) is 0 Å². The molecule has 5 aromatic carbocycles. The van der Waals surface area contributed by atoms with Crippen molar-refractivity contribution in [2.45, 2.75) is 6.42 Å². The summed E-state index contributed by atoms with van der Waals surface area (Å²) in [5.74, 6) is 0. The van der Waals surface area contributed by atoms with Crippen molar-refractivity contribution in [3.8, 4) is 11.1 Å². The molecule has 0 bridgehead atoms. The molecule has 1 heterocycles. The molecular weight excluding hydrogens is 356 g/mol. The summed E-state index contributed by atoms with van der Waals surface area (Å²) in [7, 11) is 0. The third-order valence-electron chi connectivity index (χ3n) is 6.29. The van der Waals surface area contributed by atoms with E-state index in [2.05, 4.69) is 84.9 Å². The molecule has 1 heteroatoms. The van der Waals surface area contributed by atoms with Crippen molar-refractivity contribution in [1.29, 1.82) is 0 Å². The van der Waals surface area contributed by atoms with Crippen LogP contribution in [-0.2, 0) is 6.42 Å². The molecule has 1 aliphatic carbocycles. The first kappa shape index (κ1) is 14.8. The van der Waals surface area contributed by atoms with Crippen LogP contribution in [0.4, 0.5) is 0 Å². The Hall–Kier alpha value is -3.16. The molecule has 130 valence electrons. The van der Waals surface area contributed by atoms with Gasteiger partial charge in [0.25, 0.3) is 0 Å². The second-order valence-corrected chi connectivity index (χ2v) is 8.81. The molecule has 0 atom stereocenters.